The van der Waals surface area contributed by atoms with Crippen molar-refractivity contribution in [2.75, 3.05) is 31.6 Å². The van der Waals surface area contributed by atoms with Gasteiger partial charge in [-0.1, -0.05) is 11.6 Å². The molecule has 1 saturated heterocycles. The molecule has 29 heavy (non-hydrogen) atoms. The van der Waals surface area contributed by atoms with Gasteiger partial charge in [0.1, 0.15) is 11.1 Å². The van der Waals surface area contributed by atoms with Crippen molar-refractivity contribution in [2.45, 2.75) is 51.2 Å². The molecule has 1 saturated carbocycles. The molecule has 1 aliphatic heterocycles. The second-order valence-electron chi connectivity index (χ2n) is 7.71. The molecule has 1 aliphatic carbocycles. The van der Waals surface area contributed by atoms with Gasteiger partial charge in [-0.05, 0) is 32.6 Å². The first-order chi connectivity index (χ1) is 13.9. The highest BCUT2D eigenvalue weighted by Crippen LogP contribution is 2.27. The van der Waals surface area contributed by atoms with Crippen molar-refractivity contribution in [1.82, 2.24) is 20.4 Å². The number of rotatable bonds is 5. The number of H-pyrrole nitrogens is 1. The Kier molecular flexibility index (Phi) is 7.00. The van der Waals surface area contributed by atoms with Crippen LogP contribution in [0.25, 0.3) is 0 Å². The van der Waals surface area contributed by atoms with Gasteiger partial charge in [0.05, 0.1) is 18.4 Å². The summed E-state index contributed by atoms with van der Waals surface area (Å²) in [6.45, 7) is 3.76. The van der Waals surface area contributed by atoms with Crippen molar-refractivity contribution in [3.05, 3.63) is 21.6 Å². The maximum Gasteiger partial charge on any atom is 0.407 e. The fraction of sp³-hybridized carbons (Fsp3) is 0.684. The molecule has 0 radical (unpaired) electrons. The summed E-state index contributed by atoms with van der Waals surface area (Å²) in [6.07, 6.45) is 4.54. The van der Waals surface area contributed by atoms with Crippen LogP contribution in [-0.2, 0) is 9.53 Å². The predicted octanol–water partition coefficient (Wildman–Crippen LogP) is 1.77. The van der Waals surface area contributed by atoms with Crippen molar-refractivity contribution in [3.8, 4) is 0 Å². The van der Waals surface area contributed by atoms with Gasteiger partial charge < -0.3 is 19.9 Å². The van der Waals surface area contributed by atoms with Crippen LogP contribution in [0.2, 0.25) is 5.02 Å². The summed E-state index contributed by atoms with van der Waals surface area (Å²) in [5.74, 6) is 0.234. The molecule has 1 aromatic heterocycles. The third-order valence-corrected chi connectivity index (χ3v) is 6.15. The second kappa shape index (κ2) is 9.47. The molecular formula is C19H28ClN5O4. The number of hydrogen-bond acceptors (Lipinski definition) is 6. The number of halogens is 1. The molecule has 2 aliphatic rings. The molecular weight excluding hydrogens is 398 g/mol. The predicted molar refractivity (Wildman–Crippen MR) is 109 cm³/mol. The lowest BCUT2D eigenvalue weighted by atomic mass is 9.85. The van der Waals surface area contributed by atoms with E-state index in [4.69, 9.17) is 16.3 Å². The van der Waals surface area contributed by atoms with E-state index in [1.54, 1.807) is 4.90 Å². The molecule has 1 aromatic rings. The van der Waals surface area contributed by atoms with E-state index < -0.39 is 11.7 Å². The Morgan fingerprint density at radius 1 is 1.34 bits per heavy atom. The average molecular weight is 426 g/mol. The molecule has 0 bridgehead atoms. The highest BCUT2D eigenvalue weighted by molar-refractivity contribution is 6.33. The number of nitrogens with zero attached hydrogens (tertiary/aromatic N) is 3. The van der Waals surface area contributed by atoms with Crippen LogP contribution in [0.1, 0.15) is 39.0 Å². The fourth-order valence-corrected chi connectivity index (χ4v) is 4.15. The Morgan fingerprint density at radius 2 is 2.07 bits per heavy atom. The number of ether oxygens (including phenoxy) is 1. The normalized spacial score (nSPS) is 24.2. The molecule has 160 valence electrons. The third-order valence-electron chi connectivity index (χ3n) is 5.79. The zero-order valence-electron chi connectivity index (χ0n) is 16.8. The van der Waals surface area contributed by atoms with Gasteiger partial charge in [-0.2, -0.15) is 5.10 Å². The highest BCUT2D eigenvalue weighted by atomic mass is 35.5. The minimum Gasteiger partial charge on any atom is -0.444 e. The molecule has 2 heterocycles. The molecule has 1 atom stereocenters. The topological polar surface area (TPSA) is 108 Å². The van der Waals surface area contributed by atoms with E-state index >= 15 is 0 Å². The number of anilines is 1. The molecule has 2 amide bonds. The summed E-state index contributed by atoms with van der Waals surface area (Å²) in [5.41, 5.74) is 0.104. The van der Waals surface area contributed by atoms with Gasteiger partial charge in [0.25, 0.3) is 5.56 Å². The van der Waals surface area contributed by atoms with Crippen LogP contribution in [0.5, 0.6) is 0 Å². The van der Waals surface area contributed by atoms with Crippen molar-refractivity contribution in [2.24, 2.45) is 5.92 Å². The van der Waals surface area contributed by atoms with Crippen LogP contribution >= 0.6 is 11.6 Å². The zero-order valence-corrected chi connectivity index (χ0v) is 17.6. The molecule has 9 nitrogen and oxygen atoms in total. The van der Waals surface area contributed by atoms with E-state index in [2.05, 4.69) is 15.5 Å². The largest absolute Gasteiger partial charge is 0.444 e. The monoisotopic (exact) mass is 425 g/mol. The summed E-state index contributed by atoms with van der Waals surface area (Å²) in [7, 11) is 1.82. The highest BCUT2D eigenvalue weighted by Gasteiger charge is 2.31. The fourth-order valence-electron chi connectivity index (χ4n) is 3.94. The van der Waals surface area contributed by atoms with Crippen LogP contribution in [0.4, 0.5) is 10.5 Å². The minimum absolute atomic E-state index is 0.0299. The molecule has 0 spiro atoms. The second-order valence-corrected chi connectivity index (χ2v) is 8.08. The Balaban J connectivity index is 1.43. The van der Waals surface area contributed by atoms with Crippen LogP contribution in [0.15, 0.2) is 11.0 Å². The number of carbonyl (C=O) groups is 2. The number of alkyl carbamates (subject to hydrolysis) is 1. The SMILES string of the molecule is CCN(C)C(=O)C1CCC(NC(=O)O[C@@H]2CCN(c3cn[nH]c(=O)c3Cl)C2)CC1. The van der Waals surface area contributed by atoms with Gasteiger partial charge in [-0.3, -0.25) is 9.59 Å². The van der Waals surface area contributed by atoms with Gasteiger partial charge in [0.2, 0.25) is 5.91 Å². The Labute approximate surface area is 174 Å². The van der Waals surface area contributed by atoms with Crippen molar-refractivity contribution in [3.63, 3.8) is 0 Å². The van der Waals surface area contributed by atoms with Gasteiger partial charge in [-0.15, -0.1) is 0 Å². The summed E-state index contributed by atoms with van der Waals surface area (Å²) in [6, 6.07) is 0.0299. The molecule has 0 aromatic carbocycles. The van der Waals surface area contributed by atoms with Gasteiger partial charge in [-0.25, -0.2) is 9.89 Å². The first-order valence-corrected chi connectivity index (χ1v) is 10.5. The number of hydrogen-bond donors (Lipinski definition) is 2. The summed E-state index contributed by atoms with van der Waals surface area (Å²) >= 11 is 6.05. The van der Waals surface area contributed by atoms with Crippen LogP contribution in [-0.4, -0.2) is 65.9 Å². The number of aromatic amines is 1. The van der Waals surface area contributed by atoms with E-state index in [0.29, 0.717) is 31.7 Å². The number of nitrogens with one attached hydrogen (secondary N) is 2. The quantitative estimate of drug-likeness (QED) is 0.744. The lowest BCUT2D eigenvalue weighted by Gasteiger charge is -2.30. The molecule has 3 rings (SSSR count). The van der Waals surface area contributed by atoms with Crippen LogP contribution in [0.3, 0.4) is 0 Å². The van der Waals surface area contributed by atoms with Crippen molar-refractivity contribution >= 4 is 29.3 Å². The minimum atomic E-state index is -0.439. The average Bonchev–Trinajstić information content (AvgIpc) is 3.17. The molecule has 2 fully saturated rings. The molecule has 10 heteroatoms. The Hall–Kier alpha value is -2.29. The van der Waals surface area contributed by atoms with Crippen molar-refractivity contribution in [1.29, 1.82) is 0 Å². The van der Waals surface area contributed by atoms with Crippen molar-refractivity contribution < 1.29 is 14.3 Å². The lowest BCUT2D eigenvalue weighted by molar-refractivity contribution is -0.135. The van der Waals surface area contributed by atoms with E-state index in [-0.39, 0.29) is 29.0 Å². The van der Waals surface area contributed by atoms with Crippen LogP contribution in [0, 0.1) is 5.92 Å². The van der Waals surface area contributed by atoms with E-state index in [1.165, 1.54) is 6.20 Å². The first kappa shape index (κ1) is 21.4. The number of carbonyl (C=O) groups excluding carboxylic acids is 2. The standard InChI is InChI=1S/C19H28ClN5O4/c1-3-24(2)18(27)12-4-6-13(7-5-12)22-19(28)29-14-8-9-25(11-14)15-10-21-23-17(26)16(15)20/h10,12-14H,3-9,11H2,1-2H3,(H,22,28)(H,23,26)/t12?,13?,14-/m1/s1. The van der Waals surface area contributed by atoms with E-state index in [0.717, 1.165) is 25.7 Å². The third kappa shape index (κ3) is 5.20. The summed E-state index contributed by atoms with van der Waals surface area (Å²) < 4.78 is 5.55. The lowest BCUT2D eigenvalue weighted by Crippen LogP contribution is -2.42. The maximum absolute atomic E-state index is 12.3. The Morgan fingerprint density at radius 3 is 2.76 bits per heavy atom. The smallest absolute Gasteiger partial charge is 0.407 e. The summed E-state index contributed by atoms with van der Waals surface area (Å²) in [5, 5.41) is 9.08. The maximum atomic E-state index is 12.3. The van der Waals surface area contributed by atoms with Gasteiger partial charge in [0, 0.05) is 38.5 Å². The van der Waals surface area contributed by atoms with E-state index in [1.807, 2.05) is 18.9 Å². The molecule has 2 N–H and O–H groups in total. The zero-order chi connectivity index (χ0) is 21.0. The first-order valence-electron chi connectivity index (χ1n) is 10.1. The number of aromatic nitrogens is 2. The van der Waals surface area contributed by atoms with Crippen LogP contribution < -0.4 is 15.8 Å². The molecule has 0 unspecified atom stereocenters. The van der Waals surface area contributed by atoms with E-state index in [9.17, 15) is 14.4 Å². The van der Waals surface area contributed by atoms with Gasteiger partial charge in [0.15, 0.2) is 0 Å². The Bertz CT molecular complexity index is 793. The van der Waals surface area contributed by atoms with Gasteiger partial charge >= 0.3 is 6.09 Å². The number of amides is 2. The summed E-state index contributed by atoms with van der Waals surface area (Å²) in [4.78, 5) is 39.8.